The number of rotatable bonds is 5. The van der Waals surface area contributed by atoms with Gasteiger partial charge in [-0.2, -0.15) is 0 Å². The Morgan fingerprint density at radius 1 is 1.53 bits per heavy atom. The molecule has 0 atom stereocenters. The Balaban J connectivity index is 2.17. The molecular weight excluding hydrogens is 274 g/mol. The van der Waals surface area contributed by atoms with Crippen LogP contribution in [0, 0.1) is 12.3 Å². The third-order valence-electron chi connectivity index (χ3n) is 2.96. The Morgan fingerprint density at radius 2 is 2.16 bits per heavy atom. The first-order valence-electron chi connectivity index (χ1n) is 5.65. The summed E-state index contributed by atoms with van der Waals surface area (Å²) in [6.45, 7) is 4.56. The predicted molar refractivity (Wildman–Crippen MR) is 64.5 cm³/mol. The number of furan rings is 1. The zero-order valence-electron chi connectivity index (χ0n) is 10.6. The number of hydrogen-bond donors (Lipinski definition) is 2. The van der Waals surface area contributed by atoms with Crippen LogP contribution in [-0.4, -0.2) is 39.3 Å². The van der Waals surface area contributed by atoms with Crippen molar-refractivity contribution in [3.63, 3.8) is 0 Å². The first-order valence-corrected chi connectivity index (χ1v) is 7.13. The van der Waals surface area contributed by atoms with Crippen molar-refractivity contribution in [3.05, 3.63) is 17.6 Å². The van der Waals surface area contributed by atoms with E-state index in [1.807, 2.05) is 6.92 Å². The molecule has 7 nitrogen and oxygen atoms in total. The van der Waals surface area contributed by atoms with Crippen molar-refractivity contribution in [1.82, 2.24) is 4.72 Å². The molecule has 0 radical (unpaired) electrons. The molecule has 0 saturated carbocycles. The molecule has 1 saturated heterocycles. The maximum absolute atomic E-state index is 12.1. The molecule has 1 aromatic heterocycles. The van der Waals surface area contributed by atoms with Gasteiger partial charge in [-0.25, -0.2) is 17.9 Å². The lowest BCUT2D eigenvalue weighted by atomic mass is 9.89. The van der Waals surface area contributed by atoms with E-state index < -0.39 is 21.8 Å². The van der Waals surface area contributed by atoms with Gasteiger partial charge < -0.3 is 14.3 Å². The van der Waals surface area contributed by atoms with Gasteiger partial charge in [0.15, 0.2) is 0 Å². The van der Waals surface area contributed by atoms with Gasteiger partial charge in [-0.15, -0.1) is 0 Å². The van der Waals surface area contributed by atoms with Crippen LogP contribution in [0.4, 0.5) is 0 Å². The van der Waals surface area contributed by atoms with Crippen LogP contribution in [0.3, 0.4) is 0 Å². The van der Waals surface area contributed by atoms with Crippen molar-refractivity contribution in [2.24, 2.45) is 5.41 Å². The van der Waals surface area contributed by atoms with E-state index in [9.17, 15) is 13.2 Å². The Bertz CT molecular complexity index is 599. The highest BCUT2D eigenvalue weighted by molar-refractivity contribution is 7.89. The standard InChI is InChI=1S/C11H15NO6S/c1-7-9(3-8(18-7)10(13)14)19(15,16)12-4-11(2)5-17-6-11/h3,12H,4-6H2,1-2H3,(H,13,14). The lowest BCUT2D eigenvalue weighted by Crippen LogP contribution is -2.48. The highest BCUT2D eigenvalue weighted by atomic mass is 32.2. The predicted octanol–water partition coefficient (Wildman–Crippen LogP) is 0.601. The number of carbonyl (C=O) groups is 1. The SMILES string of the molecule is Cc1oc(C(=O)O)cc1S(=O)(=O)NCC1(C)COC1. The summed E-state index contributed by atoms with van der Waals surface area (Å²) < 4.78 is 36.5. The quantitative estimate of drug-likeness (QED) is 0.822. The minimum Gasteiger partial charge on any atom is -0.475 e. The molecule has 2 N–H and O–H groups in total. The van der Waals surface area contributed by atoms with Crippen LogP contribution in [0.2, 0.25) is 0 Å². The maximum atomic E-state index is 12.1. The van der Waals surface area contributed by atoms with Crippen LogP contribution in [0.25, 0.3) is 0 Å². The number of carboxylic acids is 1. The van der Waals surface area contributed by atoms with E-state index in [2.05, 4.69) is 4.72 Å². The van der Waals surface area contributed by atoms with Crippen LogP contribution in [-0.2, 0) is 14.8 Å². The minimum absolute atomic E-state index is 0.0555. The second kappa shape index (κ2) is 4.62. The van der Waals surface area contributed by atoms with E-state index in [1.165, 1.54) is 6.92 Å². The van der Waals surface area contributed by atoms with Crippen LogP contribution in [0.1, 0.15) is 23.2 Å². The van der Waals surface area contributed by atoms with Gasteiger partial charge in [0.25, 0.3) is 0 Å². The Labute approximate surface area is 110 Å². The van der Waals surface area contributed by atoms with Gasteiger partial charge in [0.05, 0.1) is 13.2 Å². The van der Waals surface area contributed by atoms with Crippen LogP contribution >= 0.6 is 0 Å². The van der Waals surface area contributed by atoms with Gasteiger partial charge in [-0.1, -0.05) is 6.92 Å². The summed E-state index contributed by atoms with van der Waals surface area (Å²) in [4.78, 5) is 10.6. The fourth-order valence-electron chi connectivity index (χ4n) is 1.74. The number of ether oxygens (including phenoxy) is 1. The van der Waals surface area contributed by atoms with E-state index in [1.54, 1.807) is 0 Å². The molecule has 8 heteroatoms. The Kier molecular flexibility index (Phi) is 3.41. The van der Waals surface area contributed by atoms with E-state index in [-0.39, 0.29) is 22.6 Å². The molecule has 0 aliphatic carbocycles. The number of hydrogen-bond acceptors (Lipinski definition) is 5. The summed E-state index contributed by atoms with van der Waals surface area (Å²) in [7, 11) is -3.78. The topological polar surface area (TPSA) is 106 Å². The number of sulfonamides is 1. The fourth-order valence-corrected chi connectivity index (χ4v) is 3.11. The van der Waals surface area contributed by atoms with Gasteiger partial charge in [0.1, 0.15) is 10.7 Å². The van der Waals surface area contributed by atoms with E-state index in [4.69, 9.17) is 14.3 Å². The van der Waals surface area contributed by atoms with Crippen molar-refractivity contribution in [1.29, 1.82) is 0 Å². The van der Waals surface area contributed by atoms with Crippen molar-refractivity contribution in [2.75, 3.05) is 19.8 Å². The van der Waals surface area contributed by atoms with Crippen LogP contribution in [0.5, 0.6) is 0 Å². The van der Waals surface area contributed by atoms with Gasteiger partial charge in [-0.3, -0.25) is 0 Å². The maximum Gasteiger partial charge on any atom is 0.371 e. The van der Waals surface area contributed by atoms with Crippen molar-refractivity contribution in [2.45, 2.75) is 18.7 Å². The molecule has 1 aromatic rings. The zero-order valence-corrected chi connectivity index (χ0v) is 11.4. The number of aromatic carboxylic acids is 1. The summed E-state index contributed by atoms with van der Waals surface area (Å²) in [6.07, 6.45) is 0. The average molecular weight is 289 g/mol. The van der Waals surface area contributed by atoms with E-state index >= 15 is 0 Å². The number of aryl methyl sites for hydroxylation is 1. The smallest absolute Gasteiger partial charge is 0.371 e. The molecule has 0 bridgehead atoms. The monoisotopic (exact) mass is 289 g/mol. The summed E-state index contributed by atoms with van der Waals surface area (Å²) in [6, 6.07) is 1.01. The Morgan fingerprint density at radius 3 is 2.58 bits per heavy atom. The molecule has 2 heterocycles. The largest absolute Gasteiger partial charge is 0.475 e. The summed E-state index contributed by atoms with van der Waals surface area (Å²) >= 11 is 0. The zero-order chi connectivity index (χ0) is 14.3. The minimum atomic E-state index is -3.78. The van der Waals surface area contributed by atoms with E-state index in [0.29, 0.717) is 13.2 Å². The summed E-state index contributed by atoms with van der Waals surface area (Å²) in [5, 5.41) is 8.77. The van der Waals surface area contributed by atoms with Crippen molar-refractivity contribution >= 4 is 16.0 Å². The first-order chi connectivity index (χ1) is 8.73. The number of nitrogens with one attached hydrogen (secondary N) is 1. The third kappa shape index (κ3) is 2.80. The fraction of sp³-hybridized carbons (Fsp3) is 0.545. The second-order valence-corrected chi connectivity index (χ2v) is 6.70. The molecule has 0 spiro atoms. The molecule has 106 valence electrons. The summed E-state index contributed by atoms with van der Waals surface area (Å²) in [5.74, 6) is -1.64. The molecule has 1 aliphatic rings. The van der Waals surface area contributed by atoms with Crippen molar-refractivity contribution in [3.8, 4) is 0 Å². The highest BCUT2D eigenvalue weighted by Crippen LogP contribution is 2.26. The molecule has 1 aliphatic heterocycles. The van der Waals surface area contributed by atoms with Gasteiger partial charge in [0, 0.05) is 18.0 Å². The third-order valence-corrected chi connectivity index (χ3v) is 4.47. The Hall–Kier alpha value is -1.38. The number of carboxylic acid groups (broad SMARTS) is 1. The van der Waals surface area contributed by atoms with Gasteiger partial charge in [0.2, 0.25) is 15.8 Å². The lowest BCUT2D eigenvalue weighted by molar-refractivity contribution is -0.0965. The molecule has 0 amide bonds. The van der Waals surface area contributed by atoms with E-state index in [0.717, 1.165) is 6.07 Å². The molecule has 19 heavy (non-hydrogen) atoms. The molecule has 0 aromatic carbocycles. The second-order valence-electron chi connectivity index (χ2n) is 4.96. The van der Waals surface area contributed by atoms with Gasteiger partial charge in [-0.05, 0) is 6.92 Å². The lowest BCUT2D eigenvalue weighted by Gasteiger charge is -2.37. The average Bonchev–Trinajstić information content (AvgIpc) is 2.67. The molecular formula is C11H15NO6S. The molecule has 0 unspecified atom stereocenters. The molecule has 1 fully saturated rings. The van der Waals surface area contributed by atoms with Crippen LogP contribution in [0.15, 0.2) is 15.4 Å². The normalized spacial score (nSPS) is 18.0. The van der Waals surface area contributed by atoms with Crippen LogP contribution < -0.4 is 4.72 Å². The van der Waals surface area contributed by atoms with Gasteiger partial charge >= 0.3 is 5.97 Å². The summed E-state index contributed by atoms with van der Waals surface area (Å²) in [5.41, 5.74) is -0.208. The molecule has 2 rings (SSSR count). The first kappa shape index (κ1) is 14.0. The highest BCUT2D eigenvalue weighted by Gasteiger charge is 2.35. The van der Waals surface area contributed by atoms with Crippen molar-refractivity contribution < 1.29 is 27.5 Å².